The van der Waals surface area contributed by atoms with Crippen LogP contribution < -0.4 is 16.4 Å². The quantitative estimate of drug-likeness (QED) is 0.642. The third-order valence-electron chi connectivity index (χ3n) is 4.28. The molecule has 4 N–H and O–H groups in total. The molecule has 0 aromatic carbocycles. The molecule has 1 amide bonds. The molecule has 22 heavy (non-hydrogen) atoms. The highest BCUT2D eigenvalue weighted by atomic mass is 16.6. The monoisotopic (exact) mass is 305 g/mol. The van der Waals surface area contributed by atoms with Crippen molar-refractivity contribution in [2.45, 2.75) is 25.4 Å². The van der Waals surface area contributed by atoms with Crippen LogP contribution in [-0.2, 0) is 9.53 Å². The summed E-state index contributed by atoms with van der Waals surface area (Å²) >= 11 is 0. The number of nitrogen functional groups attached to an aromatic ring is 1. The van der Waals surface area contributed by atoms with Crippen LogP contribution in [-0.4, -0.2) is 47.6 Å². The normalized spacial score (nSPS) is 23.3. The topological polar surface area (TPSA) is 119 Å². The van der Waals surface area contributed by atoms with Gasteiger partial charge in [-0.05, 0) is 25.9 Å². The molecule has 0 saturated carbocycles. The lowest BCUT2D eigenvalue weighted by atomic mass is 9.76. The zero-order valence-electron chi connectivity index (χ0n) is 12.2. The molecule has 0 radical (unpaired) electrons. The fraction of sp³-hybridized carbons (Fsp3) is 0.571. The van der Waals surface area contributed by atoms with Crippen LogP contribution in [0.1, 0.15) is 29.8 Å². The van der Waals surface area contributed by atoms with Crippen molar-refractivity contribution >= 4 is 17.7 Å². The number of carbonyl (C=O) groups excluding carboxylic acids is 2. The third-order valence-corrected chi connectivity index (χ3v) is 4.28. The average molecular weight is 305 g/mol. The smallest absolute Gasteiger partial charge is 0.312 e. The summed E-state index contributed by atoms with van der Waals surface area (Å²) in [7, 11) is 0. The molecule has 8 nitrogen and oxygen atoms in total. The summed E-state index contributed by atoms with van der Waals surface area (Å²) in [6.07, 6.45) is 4.60. The van der Waals surface area contributed by atoms with E-state index in [1.54, 1.807) is 0 Å². The van der Waals surface area contributed by atoms with Crippen LogP contribution in [0.2, 0.25) is 0 Å². The van der Waals surface area contributed by atoms with Crippen LogP contribution in [0, 0.1) is 5.41 Å². The first kappa shape index (κ1) is 14.7. The van der Waals surface area contributed by atoms with Gasteiger partial charge in [-0.3, -0.25) is 9.59 Å². The van der Waals surface area contributed by atoms with Crippen LogP contribution in [0.4, 0.5) is 5.82 Å². The van der Waals surface area contributed by atoms with Crippen LogP contribution >= 0.6 is 0 Å². The highest BCUT2D eigenvalue weighted by molar-refractivity contribution is 5.92. The number of esters is 1. The van der Waals surface area contributed by atoms with Gasteiger partial charge in [0.05, 0.1) is 24.4 Å². The van der Waals surface area contributed by atoms with E-state index in [2.05, 4.69) is 20.6 Å². The molecular formula is C14H19N5O3. The number of amides is 1. The van der Waals surface area contributed by atoms with Crippen molar-refractivity contribution in [3.63, 3.8) is 0 Å². The standard InChI is InChI=1S/C14H19N5O3/c15-11-8-17-10(7-18-11)12(20)19-6-9-5-14(13(21)22-9)1-3-16-4-2-14/h7-9,16H,1-6H2,(H2,15,18)(H,19,20). The Morgan fingerprint density at radius 1 is 1.41 bits per heavy atom. The Morgan fingerprint density at radius 3 is 2.86 bits per heavy atom. The molecule has 2 saturated heterocycles. The third kappa shape index (κ3) is 2.87. The second kappa shape index (κ2) is 5.88. The Hall–Kier alpha value is -2.22. The lowest BCUT2D eigenvalue weighted by Crippen LogP contribution is -2.39. The Kier molecular flexibility index (Phi) is 3.93. The van der Waals surface area contributed by atoms with Gasteiger partial charge in [0.15, 0.2) is 0 Å². The van der Waals surface area contributed by atoms with Gasteiger partial charge in [-0.2, -0.15) is 0 Å². The maximum absolute atomic E-state index is 12.1. The minimum Gasteiger partial charge on any atom is -0.460 e. The summed E-state index contributed by atoms with van der Waals surface area (Å²) in [4.78, 5) is 31.8. The first-order valence-electron chi connectivity index (χ1n) is 7.37. The van der Waals surface area contributed by atoms with Crippen molar-refractivity contribution in [3.05, 3.63) is 18.1 Å². The Bertz CT molecular complexity index is 568. The average Bonchev–Trinajstić information content (AvgIpc) is 2.82. The molecule has 3 rings (SSSR count). The number of nitrogens with two attached hydrogens (primary N) is 1. The van der Waals surface area contributed by atoms with Crippen LogP contribution in [0.5, 0.6) is 0 Å². The van der Waals surface area contributed by atoms with Crippen molar-refractivity contribution in [2.24, 2.45) is 5.41 Å². The van der Waals surface area contributed by atoms with Crippen molar-refractivity contribution in [3.8, 4) is 0 Å². The molecule has 0 aliphatic carbocycles. The minimum absolute atomic E-state index is 0.138. The number of nitrogens with one attached hydrogen (secondary N) is 2. The van der Waals surface area contributed by atoms with E-state index in [-0.39, 0.29) is 41.5 Å². The van der Waals surface area contributed by atoms with Crippen molar-refractivity contribution in [1.29, 1.82) is 0 Å². The molecule has 8 heteroatoms. The zero-order valence-corrected chi connectivity index (χ0v) is 12.2. The molecule has 1 aromatic rings. The predicted octanol–water partition coefficient (Wildman–Crippen LogP) is -0.526. The van der Waals surface area contributed by atoms with E-state index < -0.39 is 0 Å². The van der Waals surface area contributed by atoms with E-state index in [1.807, 2.05) is 0 Å². The Balaban J connectivity index is 1.55. The van der Waals surface area contributed by atoms with E-state index in [9.17, 15) is 9.59 Å². The van der Waals surface area contributed by atoms with Gasteiger partial charge < -0.3 is 21.1 Å². The number of hydrogen-bond donors (Lipinski definition) is 3. The second-order valence-electron chi connectivity index (χ2n) is 5.80. The van der Waals surface area contributed by atoms with Gasteiger partial charge in [0, 0.05) is 6.42 Å². The zero-order chi connectivity index (χ0) is 15.6. The molecule has 2 aliphatic heterocycles. The second-order valence-corrected chi connectivity index (χ2v) is 5.80. The number of aromatic nitrogens is 2. The first-order valence-corrected chi connectivity index (χ1v) is 7.37. The lowest BCUT2D eigenvalue weighted by Gasteiger charge is -2.29. The van der Waals surface area contributed by atoms with Gasteiger partial charge in [0.1, 0.15) is 17.6 Å². The molecule has 0 bridgehead atoms. The van der Waals surface area contributed by atoms with E-state index in [0.717, 1.165) is 25.9 Å². The minimum atomic E-state index is -0.373. The van der Waals surface area contributed by atoms with Gasteiger partial charge >= 0.3 is 5.97 Å². The molecule has 3 heterocycles. The molecule has 118 valence electrons. The summed E-state index contributed by atoms with van der Waals surface area (Å²) in [6.45, 7) is 1.94. The highest BCUT2D eigenvalue weighted by Gasteiger charge is 2.49. The maximum atomic E-state index is 12.1. The summed E-state index contributed by atoms with van der Waals surface area (Å²) in [5, 5.41) is 5.97. The van der Waals surface area contributed by atoms with Crippen LogP contribution in [0.3, 0.4) is 0 Å². The van der Waals surface area contributed by atoms with Crippen molar-refractivity contribution < 1.29 is 14.3 Å². The number of rotatable bonds is 3. The first-order chi connectivity index (χ1) is 10.6. The summed E-state index contributed by atoms with van der Waals surface area (Å²) in [5.74, 6) is -0.232. The highest BCUT2D eigenvalue weighted by Crippen LogP contribution is 2.41. The molecule has 2 aliphatic rings. The van der Waals surface area contributed by atoms with E-state index in [0.29, 0.717) is 6.42 Å². The van der Waals surface area contributed by atoms with Crippen LogP contribution in [0.15, 0.2) is 12.4 Å². The lowest BCUT2D eigenvalue weighted by molar-refractivity contribution is -0.149. The maximum Gasteiger partial charge on any atom is 0.312 e. The van der Waals surface area contributed by atoms with Gasteiger partial charge in [0.25, 0.3) is 5.91 Å². The number of nitrogens with zero attached hydrogens (tertiary/aromatic N) is 2. The number of hydrogen-bond acceptors (Lipinski definition) is 7. The number of carbonyl (C=O) groups is 2. The van der Waals surface area contributed by atoms with Gasteiger partial charge in [-0.25, -0.2) is 9.97 Å². The Labute approximate surface area is 127 Å². The number of cyclic esters (lactones) is 1. The van der Waals surface area contributed by atoms with Crippen LogP contribution in [0.25, 0.3) is 0 Å². The Morgan fingerprint density at radius 2 is 2.18 bits per heavy atom. The molecule has 1 unspecified atom stereocenters. The van der Waals surface area contributed by atoms with E-state index >= 15 is 0 Å². The van der Waals surface area contributed by atoms with Gasteiger partial charge in [-0.1, -0.05) is 0 Å². The largest absolute Gasteiger partial charge is 0.460 e. The molecular weight excluding hydrogens is 286 g/mol. The van der Waals surface area contributed by atoms with Gasteiger partial charge in [-0.15, -0.1) is 0 Å². The molecule has 1 aromatic heterocycles. The molecule has 2 fully saturated rings. The van der Waals surface area contributed by atoms with E-state index in [1.165, 1.54) is 12.4 Å². The van der Waals surface area contributed by atoms with E-state index in [4.69, 9.17) is 10.5 Å². The summed E-state index contributed by atoms with van der Waals surface area (Å²) in [5.41, 5.74) is 5.24. The fourth-order valence-electron chi connectivity index (χ4n) is 3.02. The molecule has 1 atom stereocenters. The number of piperidine rings is 1. The fourth-order valence-corrected chi connectivity index (χ4v) is 3.02. The summed E-state index contributed by atoms with van der Waals surface area (Å²) < 4.78 is 5.42. The molecule has 1 spiro atoms. The van der Waals surface area contributed by atoms with Crippen molar-refractivity contribution in [2.75, 3.05) is 25.4 Å². The predicted molar refractivity (Wildman–Crippen MR) is 77.8 cm³/mol. The van der Waals surface area contributed by atoms with Crippen molar-refractivity contribution in [1.82, 2.24) is 20.6 Å². The SMILES string of the molecule is Nc1cnc(C(=O)NCC2CC3(CCNCC3)C(=O)O2)cn1. The van der Waals surface area contributed by atoms with Gasteiger partial charge in [0.2, 0.25) is 0 Å². The number of anilines is 1. The number of ether oxygens (including phenoxy) is 1. The summed E-state index contributed by atoms with van der Waals surface area (Å²) in [6, 6.07) is 0.